The Hall–Kier alpha value is -2.40. The number of rotatable bonds is 15. The zero-order valence-electron chi connectivity index (χ0n) is 18.4. The lowest BCUT2D eigenvalue weighted by Gasteiger charge is -2.08. The van der Waals surface area contributed by atoms with Crippen LogP contribution in [0, 0.1) is 0 Å². The summed E-state index contributed by atoms with van der Waals surface area (Å²) in [5.41, 5.74) is 3.23. The van der Waals surface area contributed by atoms with E-state index < -0.39 is 0 Å². The topological polar surface area (TPSA) is 43.0 Å². The molecule has 0 aliphatic heterocycles. The number of unbranched alkanes of at least 4 members (excludes halogenated alkanes) is 8. The first kappa shape index (κ1) is 22.3. The summed E-state index contributed by atoms with van der Waals surface area (Å²) in [6.07, 6.45) is 18.1. The third-order valence-electron chi connectivity index (χ3n) is 5.47. The van der Waals surface area contributed by atoms with Crippen molar-refractivity contribution in [1.29, 1.82) is 0 Å². The molecule has 30 heavy (non-hydrogen) atoms. The van der Waals surface area contributed by atoms with Crippen LogP contribution >= 0.6 is 0 Å². The van der Waals surface area contributed by atoms with Gasteiger partial charge in [-0.05, 0) is 24.6 Å². The fraction of sp³-hybridized carbons (Fsp3) is 0.520. The van der Waals surface area contributed by atoms with E-state index in [2.05, 4.69) is 50.8 Å². The first-order valence-electron chi connectivity index (χ1n) is 11.6. The molecule has 0 amide bonds. The molecule has 2 aromatic heterocycles. The number of fused-ring (bicyclic) bond motifs is 1. The summed E-state index contributed by atoms with van der Waals surface area (Å²) in [5, 5.41) is 3.47. The van der Waals surface area contributed by atoms with E-state index in [1.54, 1.807) is 0 Å². The van der Waals surface area contributed by atoms with E-state index in [4.69, 9.17) is 4.74 Å². The zero-order chi connectivity index (χ0) is 20.9. The van der Waals surface area contributed by atoms with Crippen LogP contribution in [0.5, 0.6) is 0 Å². The van der Waals surface area contributed by atoms with Crippen molar-refractivity contribution in [2.24, 2.45) is 0 Å². The number of imidazole rings is 1. The highest BCUT2D eigenvalue weighted by atomic mass is 16.5. The van der Waals surface area contributed by atoms with Crippen LogP contribution in [0.15, 0.2) is 55.1 Å². The Kier molecular flexibility index (Phi) is 9.67. The number of ether oxygens (including phenoxy) is 1. The number of hydrogen-bond acceptors (Lipinski definition) is 3. The van der Waals surface area contributed by atoms with E-state index in [0.717, 1.165) is 29.7 Å². The van der Waals surface area contributed by atoms with E-state index in [-0.39, 0.29) is 0 Å². The van der Waals surface area contributed by atoms with E-state index in [1.165, 1.54) is 51.4 Å². The molecular formula is C25H37N4O+. The molecule has 3 aromatic rings. The maximum atomic E-state index is 5.86. The lowest BCUT2D eigenvalue weighted by atomic mass is 10.1. The quantitative estimate of drug-likeness (QED) is 0.251. The number of hydrogen-bond donors (Lipinski definition) is 1. The molecule has 0 spiro atoms. The Morgan fingerprint density at radius 3 is 2.53 bits per heavy atom. The van der Waals surface area contributed by atoms with Gasteiger partial charge in [0.15, 0.2) is 12.4 Å². The zero-order valence-corrected chi connectivity index (χ0v) is 18.4. The molecule has 0 saturated carbocycles. The van der Waals surface area contributed by atoms with Crippen LogP contribution in [0.4, 0.5) is 5.69 Å². The van der Waals surface area contributed by atoms with Gasteiger partial charge in [0.2, 0.25) is 0 Å². The molecule has 0 bridgehead atoms. The van der Waals surface area contributed by atoms with Crippen LogP contribution in [-0.4, -0.2) is 16.2 Å². The van der Waals surface area contributed by atoms with E-state index in [9.17, 15) is 0 Å². The molecule has 5 nitrogen and oxygen atoms in total. The average Bonchev–Trinajstić information content (AvgIpc) is 3.19. The molecule has 0 fully saturated rings. The van der Waals surface area contributed by atoms with E-state index in [0.29, 0.717) is 13.4 Å². The van der Waals surface area contributed by atoms with Crippen molar-refractivity contribution in [1.82, 2.24) is 9.55 Å². The fourth-order valence-electron chi connectivity index (χ4n) is 3.70. The van der Waals surface area contributed by atoms with Crippen molar-refractivity contribution in [2.75, 3.05) is 11.9 Å². The number of para-hydroxylation sites is 2. The van der Waals surface area contributed by atoms with Gasteiger partial charge >= 0.3 is 0 Å². The lowest BCUT2D eigenvalue weighted by Crippen LogP contribution is -2.34. The van der Waals surface area contributed by atoms with Gasteiger partial charge in [-0.1, -0.05) is 70.4 Å². The summed E-state index contributed by atoms with van der Waals surface area (Å²) >= 11 is 0. The molecule has 0 aliphatic rings. The summed E-state index contributed by atoms with van der Waals surface area (Å²) in [4.78, 5) is 4.44. The molecule has 162 valence electrons. The summed E-state index contributed by atoms with van der Waals surface area (Å²) in [5.74, 6) is 0. The van der Waals surface area contributed by atoms with Crippen LogP contribution in [0.3, 0.4) is 0 Å². The molecule has 5 heteroatoms. The summed E-state index contributed by atoms with van der Waals surface area (Å²) in [6.45, 7) is 4.39. The molecule has 0 radical (unpaired) electrons. The van der Waals surface area contributed by atoms with Crippen molar-refractivity contribution >= 4 is 16.7 Å². The summed E-state index contributed by atoms with van der Waals surface area (Å²) in [6, 6.07) is 12.3. The number of nitrogens with zero attached hydrogens (tertiary/aromatic N) is 3. The van der Waals surface area contributed by atoms with Crippen LogP contribution in [-0.2, 0) is 18.1 Å². The Labute approximate surface area is 181 Å². The molecule has 0 atom stereocenters. The number of benzene rings is 1. The minimum atomic E-state index is 0.598. The van der Waals surface area contributed by atoms with Gasteiger partial charge < -0.3 is 14.6 Å². The Morgan fingerprint density at radius 2 is 1.70 bits per heavy atom. The molecule has 1 N–H and O–H groups in total. The molecular weight excluding hydrogens is 372 g/mol. The van der Waals surface area contributed by atoms with Crippen molar-refractivity contribution in [3.05, 3.63) is 55.1 Å². The number of nitrogens with one attached hydrogen (secondary N) is 1. The van der Waals surface area contributed by atoms with Crippen LogP contribution in [0.2, 0.25) is 0 Å². The molecule has 3 rings (SSSR count). The monoisotopic (exact) mass is 409 g/mol. The van der Waals surface area contributed by atoms with Gasteiger partial charge in [-0.25, -0.2) is 4.98 Å². The second-order valence-electron chi connectivity index (χ2n) is 8.01. The van der Waals surface area contributed by atoms with Gasteiger partial charge in [-0.2, -0.15) is 4.57 Å². The maximum absolute atomic E-state index is 5.86. The van der Waals surface area contributed by atoms with Gasteiger partial charge in [0.25, 0.3) is 6.73 Å². The number of anilines is 1. The van der Waals surface area contributed by atoms with Gasteiger partial charge in [0.1, 0.15) is 5.69 Å². The largest absolute Gasteiger partial charge is 0.363 e. The van der Waals surface area contributed by atoms with Crippen molar-refractivity contribution in [2.45, 2.75) is 78.1 Å². The SMILES string of the molecule is CCCCCCCCCCCOC[n+]1cccc(NCn2cnc3ccccc32)c1. The second-order valence-corrected chi connectivity index (χ2v) is 8.01. The van der Waals surface area contributed by atoms with Gasteiger partial charge in [0.05, 0.1) is 30.6 Å². The van der Waals surface area contributed by atoms with Crippen molar-refractivity contribution < 1.29 is 9.30 Å². The number of pyridine rings is 1. The normalized spacial score (nSPS) is 11.2. The highest BCUT2D eigenvalue weighted by molar-refractivity contribution is 5.74. The highest BCUT2D eigenvalue weighted by Gasteiger charge is 2.05. The van der Waals surface area contributed by atoms with Crippen molar-refractivity contribution in [3.63, 3.8) is 0 Å². The van der Waals surface area contributed by atoms with E-state index in [1.807, 2.05) is 30.7 Å². The smallest absolute Gasteiger partial charge is 0.252 e. The van der Waals surface area contributed by atoms with Gasteiger partial charge in [-0.3, -0.25) is 0 Å². The lowest BCUT2D eigenvalue weighted by molar-refractivity contribution is -0.732. The molecule has 0 saturated heterocycles. The number of aromatic nitrogens is 3. The van der Waals surface area contributed by atoms with Gasteiger partial charge in [-0.15, -0.1) is 0 Å². The highest BCUT2D eigenvalue weighted by Crippen LogP contribution is 2.12. The van der Waals surface area contributed by atoms with Crippen LogP contribution < -0.4 is 9.88 Å². The Bertz CT molecular complexity index is 861. The molecule has 0 aliphatic carbocycles. The average molecular weight is 410 g/mol. The molecule has 0 unspecified atom stereocenters. The predicted molar refractivity (Wildman–Crippen MR) is 123 cm³/mol. The minimum absolute atomic E-state index is 0.598. The third kappa shape index (κ3) is 7.45. The minimum Gasteiger partial charge on any atom is -0.363 e. The predicted octanol–water partition coefficient (Wildman–Crippen LogP) is 5.90. The Morgan fingerprint density at radius 1 is 0.933 bits per heavy atom. The van der Waals surface area contributed by atoms with E-state index >= 15 is 0 Å². The first-order chi connectivity index (χ1) is 14.9. The molecule has 1 aromatic carbocycles. The maximum Gasteiger partial charge on any atom is 0.252 e. The second kappa shape index (κ2) is 13.0. The first-order valence-corrected chi connectivity index (χ1v) is 11.6. The standard InChI is InChI=1S/C25H37N4O/c1-2-3-4-5-6-7-8-9-12-18-30-22-28-17-13-14-23(19-28)26-20-29-21-27-24-15-10-11-16-25(24)29/h10-11,13-17,19,21,26H,2-9,12,18,20,22H2,1H3/q+1. The fourth-order valence-corrected chi connectivity index (χ4v) is 3.70. The summed E-state index contributed by atoms with van der Waals surface area (Å²) in [7, 11) is 0. The summed E-state index contributed by atoms with van der Waals surface area (Å²) < 4.78 is 10.1. The molecule has 2 heterocycles. The van der Waals surface area contributed by atoms with Crippen LogP contribution in [0.25, 0.3) is 11.0 Å². The third-order valence-corrected chi connectivity index (χ3v) is 5.47. The Balaban J connectivity index is 1.30. The van der Waals surface area contributed by atoms with Gasteiger partial charge in [0, 0.05) is 6.07 Å². The van der Waals surface area contributed by atoms with Crippen molar-refractivity contribution in [3.8, 4) is 0 Å². The van der Waals surface area contributed by atoms with Crippen LogP contribution in [0.1, 0.15) is 64.7 Å².